The van der Waals surface area contributed by atoms with Gasteiger partial charge in [-0.1, -0.05) is 19.9 Å². The van der Waals surface area contributed by atoms with E-state index in [4.69, 9.17) is 4.74 Å². The molecule has 1 aromatic rings. The number of hydrogen-bond donors (Lipinski definition) is 0. The Bertz CT molecular complexity index is 285. The van der Waals surface area contributed by atoms with Crippen molar-refractivity contribution in [1.29, 1.82) is 0 Å². The van der Waals surface area contributed by atoms with Gasteiger partial charge in [0.15, 0.2) is 0 Å². The zero-order valence-electron chi connectivity index (χ0n) is 10.9. The number of nitrogens with zero attached hydrogens (tertiary/aromatic N) is 1. The van der Waals surface area contributed by atoms with Crippen LogP contribution in [0.1, 0.15) is 39.2 Å². The highest BCUT2D eigenvalue weighted by Gasteiger charge is 2.47. The lowest BCUT2D eigenvalue weighted by Gasteiger charge is -2.31. The van der Waals surface area contributed by atoms with Gasteiger partial charge >= 0.3 is 0 Å². The molecule has 1 saturated carbocycles. The third kappa shape index (κ3) is 3.60. The SMILES string of the molecule is CC.CC12CC(CO1)C2.Cc1cccnc1. The molecule has 2 saturated heterocycles. The second-order valence-electron chi connectivity index (χ2n) is 4.57. The predicted octanol–water partition coefficient (Wildman–Crippen LogP) is 3.60. The Hall–Kier alpha value is -0.890. The van der Waals surface area contributed by atoms with Crippen molar-refractivity contribution in [2.45, 2.75) is 46.1 Å². The van der Waals surface area contributed by atoms with Gasteiger partial charge in [-0.2, -0.15) is 0 Å². The van der Waals surface area contributed by atoms with E-state index in [2.05, 4.69) is 11.9 Å². The van der Waals surface area contributed by atoms with Crippen LogP contribution < -0.4 is 0 Å². The van der Waals surface area contributed by atoms with E-state index in [0.29, 0.717) is 5.60 Å². The standard InChI is InChI=1S/C6H7N.C6H10O.C2H6/c1-6-3-2-4-7-5-6;1-6-2-5(3-6)4-7-6;1-2/h2-5H,1H3;5H,2-4H2,1H3;1-2H3. The average Bonchev–Trinajstić information content (AvgIpc) is 2.81. The Morgan fingerprint density at radius 3 is 2.25 bits per heavy atom. The van der Waals surface area contributed by atoms with E-state index in [1.165, 1.54) is 18.4 Å². The zero-order valence-corrected chi connectivity index (χ0v) is 10.9. The van der Waals surface area contributed by atoms with Crippen molar-refractivity contribution in [3.63, 3.8) is 0 Å². The summed E-state index contributed by atoms with van der Waals surface area (Å²) < 4.78 is 5.41. The zero-order chi connectivity index (χ0) is 12.0. The van der Waals surface area contributed by atoms with E-state index in [-0.39, 0.29) is 0 Å². The predicted molar refractivity (Wildman–Crippen MR) is 67.4 cm³/mol. The third-order valence-corrected chi connectivity index (χ3v) is 2.92. The molecular weight excluding hydrogens is 198 g/mol. The summed E-state index contributed by atoms with van der Waals surface area (Å²) in [6.07, 6.45) is 6.26. The lowest BCUT2D eigenvalue weighted by atomic mass is 9.76. The Morgan fingerprint density at radius 1 is 1.38 bits per heavy atom. The van der Waals surface area contributed by atoms with Crippen LogP contribution >= 0.6 is 0 Å². The molecule has 3 aliphatic rings. The fourth-order valence-corrected chi connectivity index (χ4v) is 2.16. The Kier molecular flexibility index (Phi) is 4.94. The van der Waals surface area contributed by atoms with Crippen LogP contribution in [-0.2, 0) is 4.74 Å². The van der Waals surface area contributed by atoms with Crippen molar-refractivity contribution in [2.24, 2.45) is 5.92 Å². The summed E-state index contributed by atoms with van der Waals surface area (Å²) in [4.78, 5) is 3.88. The molecule has 0 atom stereocenters. The highest BCUT2D eigenvalue weighted by Crippen LogP contribution is 2.47. The Labute approximate surface area is 99.0 Å². The van der Waals surface area contributed by atoms with E-state index in [0.717, 1.165) is 12.5 Å². The van der Waals surface area contributed by atoms with E-state index in [1.54, 1.807) is 6.20 Å². The first-order valence-corrected chi connectivity index (χ1v) is 6.19. The van der Waals surface area contributed by atoms with Crippen LogP contribution in [0.3, 0.4) is 0 Å². The summed E-state index contributed by atoms with van der Waals surface area (Å²) in [6.45, 7) is 9.26. The van der Waals surface area contributed by atoms with Gasteiger partial charge < -0.3 is 4.74 Å². The van der Waals surface area contributed by atoms with Gasteiger partial charge in [0.2, 0.25) is 0 Å². The molecule has 2 aliphatic heterocycles. The van der Waals surface area contributed by atoms with Crippen LogP contribution in [0.2, 0.25) is 0 Å². The van der Waals surface area contributed by atoms with Crippen molar-refractivity contribution >= 4 is 0 Å². The average molecular weight is 221 g/mol. The van der Waals surface area contributed by atoms with Gasteiger partial charge in [0.25, 0.3) is 0 Å². The molecule has 0 amide bonds. The van der Waals surface area contributed by atoms with E-state index in [1.807, 2.05) is 39.1 Å². The maximum absolute atomic E-state index is 5.41. The molecule has 0 N–H and O–H groups in total. The van der Waals surface area contributed by atoms with Gasteiger partial charge in [-0.3, -0.25) is 4.98 Å². The lowest BCUT2D eigenvalue weighted by Crippen LogP contribution is -2.32. The summed E-state index contributed by atoms with van der Waals surface area (Å²) in [5.41, 5.74) is 1.55. The molecule has 4 rings (SSSR count). The minimum atomic E-state index is 0.338. The number of aromatic nitrogens is 1. The largest absolute Gasteiger partial charge is 0.375 e. The van der Waals surface area contributed by atoms with Crippen molar-refractivity contribution in [3.05, 3.63) is 30.1 Å². The number of aryl methyl sites for hydroxylation is 1. The lowest BCUT2D eigenvalue weighted by molar-refractivity contribution is 0.0203. The van der Waals surface area contributed by atoms with E-state index < -0.39 is 0 Å². The Morgan fingerprint density at radius 2 is 2.06 bits per heavy atom. The van der Waals surface area contributed by atoms with Gasteiger partial charge in [-0.05, 0) is 44.2 Å². The van der Waals surface area contributed by atoms with Crippen molar-refractivity contribution in [2.75, 3.05) is 6.61 Å². The van der Waals surface area contributed by atoms with E-state index in [9.17, 15) is 0 Å². The van der Waals surface area contributed by atoms with Gasteiger partial charge in [-0.25, -0.2) is 0 Å². The van der Waals surface area contributed by atoms with Gasteiger partial charge in [0.1, 0.15) is 0 Å². The maximum atomic E-state index is 5.41. The summed E-state index contributed by atoms with van der Waals surface area (Å²) in [5, 5.41) is 0. The van der Waals surface area contributed by atoms with E-state index >= 15 is 0 Å². The molecule has 0 spiro atoms. The third-order valence-electron chi connectivity index (χ3n) is 2.92. The number of rotatable bonds is 0. The monoisotopic (exact) mass is 221 g/mol. The van der Waals surface area contributed by atoms with Crippen LogP contribution in [0, 0.1) is 12.8 Å². The summed E-state index contributed by atoms with van der Waals surface area (Å²) in [6, 6.07) is 3.95. The maximum Gasteiger partial charge on any atom is 0.0661 e. The second-order valence-corrected chi connectivity index (χ2v) is 4.57. The number of fused-ring (bicyclic) bond motifs is 1. The topological polar surface area (TPSA) is 22.1 Å². The second kappa shape index (κ2) is 6.00. The van der Waals surface area contributed by atoms with Crippen LogP contribution in [-0.4, -0.2) is 17.2 Å². The Balaban J connectivity index is 0.000000139. The fraction of sp³-hybridized carbons (Fsp3) is 0.643. The van der Waals surface area contributed by atoms with Crippen molar-refractivity contribution in [1.82, 2.24) is 4.98 Å². The van der Waals surface area contributed by atoms with Crippen LogP contribution in [0.4, 0.5) is 0 Å². The highest BCUT2D eigenvalue weighted by atomic mass is 16.5. The summed E-state index contributed by atoms with van der Waals surface area (Å²) in [5.74, 6) is 0.935. The minimum Gasteiger partial charge on any atom is -0.375 e. The van der Waals surface area contributed by atoms with Crippen LogP contribution in [0.25, 0.3) is 0 Å². The summed E-state index contributed by atoms with van der Waals surface area (Å²) >= 11 is 0. The van der Waals surface area contributed by atoms with Crippen molar-refractivity contribution < 1.29 is 4.74 Å². The molecule has 0 aromatic carbocycles. The van der Waals surface area contributed by atoms with Crippen LogP contribution in [0.5, 0.6) is 0 Å². The number of hydrogen-bond acceptors (Lipinski definition) is 2. The molecule has 3 fully saturated rings. The normalized spacial score (nSPS) is 29.1. The molecule has 1 aliphatic carbocycles. The highest BCUT2D eigenvalue weighted by molar-refractivity contribution is 5.04. The first kappa shape index (κ1) is 13.2. The minimum absolute atomic E-state index is 0.338. The molecule has 90 valence electrons. The molecule has 0 radical (unpaired) electrons. The smallest absolute Gasteiger partial charge is 0.0661 e. The first-order valence-electron chi connectivity index (χ1n) is 6.19. The molecule has 2 heteroatoms. The molecule has 3 heterocycles. The molecular formula is C14H23NO. The number of ether oxygens (including phenoxy) is 1. The summed E-state index contributed by atoms with van der Waals surface area (Å²) in [7, 11) is 0. The van der Waals surface area contributed by atoms with Gasteiger partial charge in [0, 0.05) is 12.4 Å². The van der Waals surface area contributed by atoms with Crippen LogP contribution in [0.15, 0.2) is 24.5 Å². The molecule has 0 unspecified atom stereocenters. The number of pyridine rings is 1. The van der Waals surface area contributed by atoms with Crippen molar-refractivity contribution in [3.8, 4) is 0 Å². The quantitative estimate of drug-likeness (QED) is 0.667. The molecule has 16 heavy (non-hydrogen) atoms. The first-order chi connectivity index (χ1) is 7.68. The molecule has 2 nitrogen and oxygen atoms in total. The molecule has 2 bridgehead atoms. The fourth-order valence-electron chi connectivity index (χ4n) is 2.16. The van der Waals surface area contributed by atoms with Gasteiger partial charge in [0.05, 0.1) is 12.2 Å². The van der Waals surface area contributed by atoms with Gasteiger partial charge in [-0.15, -0.1) is 0 Å². The molecule has 1 aromatic heterocycles.